The van der Waals surface area contributed by atoms with Crippen LogP contribution in [-0.4, -0.2) is 36.7 Å². The third-order valence-electron chi connectivity index (χ3n) is 4.60. The Labute approximate surface area is 151 Å². The Balaban J connectivity index is 1.51. The van der Waals surface area contributed by atoms with E-state index in [1.165, 1.54) is 0 Å². The van der Waals surface area contributed by atoms with Crippen molar-refractivity contribution in [3.63, 3.8) is 0 Å². The highest BCUT2D eigenvalue weighted by atomic mass is 16.5. The molecule has 1 fully saturated rings. The van der Waals surface area contributed by atoms with Crippen LogP contribution in [0.5, 0.6) is 0 Å². The van der Waals surface area contributed by atoms with Crippen LogP contribution in [0.15, 0.2) is 33.6 Å². The lowest BCUT2D eigenvalue weighted by Gasteiger charge is -2.31. The maximum atomic E-state index is 5.53. The summed E-state index contributed by atoms with van der Waals surface area (Å²) in [6, 6.07) is 3.86. The molecule has 0 unspecified atom stereocenters. The third-order valence-corrected chi connectivity index (χ3v) is 4.60. The summed E-state index contributed by atoms with van der Waals surface area (Å²) in [6.07, 6.45) is 6.71. The van der Waals surface area contributed by atoms with Gasteiger partial charge >= 0.3 is 0 Å². The monoisotopic (exact) mass is 354 g/mol. The predicted molar refractivity (Wildman–Crippen MR) is 92.9 cm³/mol. The van der Waals surface area contributed by atoms with Crippen molar-refractivity contribution in [3.8, 4) is 11.4 Å². The summed E-state index contributed by atoms with van der Waals surface area (Å²) in [5.74, 6) is 2.82. The van der Waals surface area contributed by atoms with Crippen LogP contribution in [0, 0.1) is 0 Å². The lowest BCUT2D eigenvalue weighted by atomic mass is 10.0. The molecule has 1 aliphatic rings. The lowest BCUT2D eigenvalue weighted by molar-refractivity contribution is 0.0986. The number of hydrogen-bond donors (Lipinski definition) is 0. The van der Waals surface area contributed by atoms with Gasteiger partial charge in [0.2, 0.25) is 17.6 Å². The van der Waals surface area contributed by atoms with Crippen molar-refractivity contribution >= 4 is 0 Å². The van der Waals surface area contributed by atoms with Crippen molar-refractivity contribution < 1.29 is 9.05 Å². The van der Waals surface area contributed by atoms with E-state index in [-0.39, 0.29) is 12.0 Å². The quantitative estimate of drug-likeness (QED) is 0.688. The first kappa shape index (κ1) is 16.8. The molecule has 0 aromatic carbocycles. The molecule has 1 atom stereocenters. The maximum absolute atomic E-state index is 5.53. The molecule has 4 rings (SSSR count). The van der Waals surface area contributed by atoms with E-state index in [4.69, 9.17) is 9.05 Å². The molecular weight excluding hydrogens is 332 g/mol. The average molecular weight is 354 g/mol. The molecule has 0 aliphatic carbocycles. The van der Waals surface area contributed by atoms with Crippen molar-refractivity contribution in [3.05, 3.63) is 42.1 Å². The topological polar surface area (TPSA) is 94.0 Å². The van der Waals surface area contributed by atoms with Crippen LogP contribution in [0.4, 0.5) is 0 Å². The summed E-state index contributed by atoms with van der Waals surface area (Å²) in [5, 5.41) is 8.18. The number of rotatable bonds is 5. The zero-order valence-corrected chi connectivity index (χ0v) is 15.0. The second-order valence-corrected chi connectivity index (χ2v) is 6.88. The van der Waals surface area contributed by atoms with Crippen molar-refractivity contribution in [2.24, 2.45) is 0 Å². The molecule has 0 radical (unpaired) electrons. The van der Waals surface area contributed by atoms with Crippen molar-refractivity contribution in [1.29, 1.82) is 0 Å². The summed E-state index contributed by atoms with van der Waals surface area (Å²) in [7, 11) is 0. The highest BCUT2D eigenvalue weighted by Crippen LogP contribution is 2.31. The average Bonchev–Trinajstić information content (AvgIpc) is 3.33. The standard InChI is InChI=1S/C18H22N6O2/c1-12(2)16-21-18(26-22-16)14-7-3-4-9-24(14)11-15-20-17(23-25-15)13-6-5-8-19-10-13/h5-6,8,10,12,14H,3-4,7,9,11H2,1-2H3/t14-/m0/s1. The van der Waals surface area contributed by atoms with E-state index in [0.29, 0.717) is 24.2 Å². The minimum absolute atomic E-state index is 0.0949. The molecular formula is C18H22N6O2. The molecule has 136 valence electrons. The molecule has 3 aromatic rings. The van der Waals surface area contributed by atoms with Crippen LogP contribution >= 0.6 is 0 Å². The number of likely N-dealkylation sites (tertiary alicyclic amines) is 1. The van der Waals surface area contributed by atoms with Crippen molar-refractivity contribution in [2.45, 2.75) is 51.6 Å². The molecule has 0 saturated carbocycles. The van der Waals surface area contributed by atoms with Crippen molar-refractivity contribution in [2.75, 3.05) is 6.54 Å². The molecule has 26 heavy (non-hydrogen) atoms. The van der Waals surface area contributed by atoms with Gasteiger partial charge in [0, 0.05) is 23.9 Å². The van der Waals surface area contributed by atoms with E-state index in [1.54, 1.807) is 12.4 Å². The lowest BCUT2D eigenvalue weighted by Crippen LogP contribution is -2.33. The van der Waals surface area contributed by atoms with Gasteiger partial charge in [0.05, 0.1) is 12.6 Å². The summed E-state index contributed by atoms with van der Waals surface area (Å²) in [4.78, 5) is 15.5. The van der Waals surface area contributed by atoms with Gasteiger partial charge in [0.25, 0.3) is 0 Å². The zero-order valence-electron chi connectivity index (χ0n) is 15.0. The molecule has 0 amide bonds. The van der Waals surface area contributed by atoms with Gasteiger partial charge < -0.3 is 9.05 Å². The Morgan fingerprint density at radius 2 is 2.12 bits per heavy atom. The normalized spacial score (nSPS) is 18.5. The van der Waals surface area contributed by atoms with E-state index in [1.807, 2.05) is 12.1 Å². The van der Waals surface area contributed by atoms with E-state index < -0.39 is 0 Å². The van der Waals surface area contributed by atoms with Gasteiger partial charge in [0.1, 0.15) is 0 Å². The number of nitrogens with zero attached hydrogens (tertiary/aromatic N) is 6. The smallest absolute Gasteiger partial charge is 0.244 e. The van der Waals surface area contributed by atoms with E-state index in [2.05, 4.69) is 44.0 Å². The van der Waals surface area contributed by atoms with Crippen LogP contribution in [0.2, 0.25) is 0 Å². The molecule has 1 saturated heterocycles. The van der Waals surface area contributed by atoms with E-state index >= 15 is 0 Å². The molecule has 8 nitrogen and oxygen atoms in total. The number of hydrogen-bond acceptors (Lipinski definition) is 8. The Bertz CT molecular complexity index is 844. The molecule has 1 aliphatic heterocycles. The molecule has 0 N–H and O–H groups in total. The van der Waals surface area contributed by atoms with Crippen LogP contribution in [0.3, 0.4) is 0 Å². The van der Waals surface area contributed by atoms with Gasteiger partial charge in [-0.2, -0.15) is 9.97 Å². The summed E-state index contributed by atoms with van der Waals surface area (Å²) < 4.78 is 11.0. The van der Waals surface area contributed by atoms with E-state index in [9.17, 15) is 0 Å². The Kier molecular flexibility index (Phi) is 4.75. The van der Waals surface area contributed by atoms with Gasteiger partial charge in [-0.05, 0) is 31.5 Å². The number of aromatic nitrogens is 5. The van der Waals surface area contributed by atoms with Crippen LogP contribution in [0.1, 0.15) is 62.7 Å². The fraction of sp³-hybridized carbons (Fsp3) is 0.500. The summed E-state index contributed by atoms with van der Waals surface area (Å²) in [6.45, 7) is 5.63. The number of pyridine rings is 1. The van der Waals surface area contributed by atoms with Crippen LogP contribution in [0.25, 0.3) is 11.4 Å². The molecule has 0 bridgehead atoms. The first-order valence-electron chi connectivity index (χ1n) is 9.01. The minimum atomic E-state index is 0.0949. The summed E-state index contributed by atoms with van der Waals surface area (Å²) in [5.41, 5.74) is 0.844. The fourth-order valence-electron chi connectivity index (χ4n) is 3.18. The SMILES string of the molecule is CC(C)c1noc([C@@H]2CCCCN2Cc2nc(-c3cccnc3)no2)n1. The van der Waals surface area contributed by atoms with Gasteiger partial charge in [-0.25, -0.2) is 0 Å². The first-order chi connectivity index (χ1) is 12.7. The molecule has 8 heteroatoms. The molecule has 3 aromatic heterocycles. The van der Waals surface area contributed by atoms with Crippen molar-refractivity contribution in [1.82, 2.24) is 30.2 Å². The fourth-order valence-corrected chi connectivity index (χ4v) is 3.18. The Morgan fingerprint density at radius 3 is 2.88 bits per heavy atom. The maximum Gasteiger partial charge on any atom is 0.244 e. The first-order valence-corrected chi connectivity index (χ1v) is 9.01. The van der Waals surface area contributed by atoms with Gasteiger partial charge in [-0.15, -0.1) is 0 Å². The zero-order chi connectivity index (χ0) is 17.9. The molecule has 0 spiro atoms. The van der Waals surface area contributed by atoms with Crippen LogP contribution < -0.4 is 0 Å². The number of piperidine rings is 1. The third kappa shape index (κ3) is 3.50. The largest absolute Gasteiger partial charge is 0.338 e. The van der Waals surface area contributed by atoms with Gasteiger partial charge in [-0.1, -0.05) is 30.6 Å². The summed E-state index contributed by atoms with van der Waals surface area (Å²) >= 11 is 0. The Morgan fingerprint density at radius 1 is 1.19 bits per heavy atom. The van der Waals surface area contributed by atoms with E-state index in [0.717, 1.165) is 37.2 Å². The highest BCUT2D eigenvalue weighted by Gasteiger charge is 2.30. The second-order valence-electron chi connectivity index (χ2n) is 6.88. The van der Waals surface area contributed by atoms with Gasteiger partial charge in [0.15, 0.2) is 5.82 Å². The highest BCUT2D eigenvalue weighted by molar-refractivity contribution is 5.51. The minimum Gasteiger partial charge on any atom is -0.338 e. The van der Waals surface area contributed by atoms with Crippen LogP contribution in [-0.2, 0) is 6.54 Å². The second kappa shape index (κ2) is 7.33. The Hall–Kier alpha value is -2.61. The predicted octanol–water partition coefficient (Wildman–Crippen LogP) is 3.37. The van der Waals surface area contributed by atoms with Gasteiger partial charge in [-0.3, -0.25) is 9.88 Å². The molecule has 4 heterocycles.